The molecule has 1 spiro atoms. The maximum Gasteiger partial charge on any atom is 0.329 e. The molecule has 0 radical (unpaired) electrons. The average molecular weight is 675 g/mol. The molecule has 0 saturated heterocycles. The molecule has 0 amide bonds. The van der Waals surface area contributed by atoms with Crippen molar-refractivity contribution in [1.82, 2.24) is 4.98 Å². The lowest BCUT2D eigenvalue weighted by atomic mass is 9.59. The predicted molar refractivity (Wildman–Crippen MR) is 186 cm³/mol. The molecule has 3 aliphatic carbocycles. The highest BCUT2D eigenvalue weighted by Gasteiger charge is 2.54. The zero-order valence-electron chi connectivity index (χ0n) is 28.0. The number of anilines is 1. The maximum atomic E-state index is 12.9. The number of carboxylic acids is 1. The smallest absolute Gasteiger partial charge is 0.329 e. The third kappa shape index (κ3) is 6.22. The minimum Gasteiger partial charge on any atom is -0.493 e. The highest BCUT2D eigenvalue weighted by atomic mass is 35.5. The summed E-state index contributed by atoms with van der Waals surface area (Å²) in [6, 6.07) is 13.6. The second-order valence-electron chi connectivity index (χ2n) is 14.7. The second-order valence-corrected chi connectivity index (χ2v) is 15.1. The van der Waals surface area contributed by atoms with Crippen LogP contribution in [-0.2, 0) is 23.1 Å². The predicted octanol–water partition coefficient (Wildman–Crippen LogP) is 7.72. The van der Waals surface area contributed by atoms with E-state index in [1.807, 2.05) is 24.4 Å². The standard InChI is InChI=1S/C39H47ClN2O6/c1-24(23-47-33-9-15-41-32-8-3-5-25(2)36(32)33)17-27-18-26-19-35-34(46-16-10-30(22-43)48-35)21-31(26)38(27)11-13-39(14-12-38,37(44)45)42-29-7-4-6-28(40)20-29/h4,6-7,9,15,19-21,24-25,27,30,42-43H,3,5,8,10-14,16-18,22-23H2,1-2H3,(H,44,45)/t24-,25-,27?,30?,38?,39?/m1/s1. The topological polar surface area (TPSA) is 110 Å². The van der Waals surface area contributed by atoms with Gasteiger partial charge in [0.1, 0.15) is 17.4 Å². The van der Waals surface area contributed by atoms with E-state index < -0.39 is 11.5 Å². The van der Waals surface area contributed by atoms with Crippen LogP contribution >= 0.6 is 11.6 Å². The van der Waals surface area contributed by atoms with Crippen LogP contribution in [-0.4, -0.2) is 52.6 Å². The van der Waals surface area contributed by atoms with Gasteiger partial charge in [-0.1, -0.05) is 31.5 Å². The second kappa shape index (κ2) is 13.4. The fourth-order valence-corrected chi connectivity index (χ4v) is 9.18. The first-order valence-electron chi connectivity index (χ1n) is 17.6. The number of halogens is 1. The number of rotatable bonds is 9. The molecule has 0 bridgehead atoms. The van der Waals surface area contributed by atoms with Gasteiger partial charge >= 0.3 is 5.97 Å². The minimum atomic E-state index is -1.09. The number of hydrogen-bond acceptors (Lipinski definition) is 7. The number of aliphatic hydroxyl groups excluding tert-OH is 1. The number of aryl methyl sites for hydroxylation is 1. The largest absolute Gasteiger partial charge is 0.493 e. The van der Waals surface area contributed by atoms with Crippen molar-refractivity contribution in [2.24, 2.45) is 11.8 Å². The van der Waals surface area contributed by atoms with Gasteiger partial charge in [-0.3, -0.25) is 4.98 Å². The number of aliphatic carboxylic acids is 1. The van der Waals surface area contributed by atoms with E-state index >= 15 is 0 Å². The summed E-state index contributed by atoms with van der Waals surface area (Å²) >= 11 is 6.27. The average Bonchev–Trinajstić information content (AvgIpc) is 3.20. The van der Waals surface area contributed by atoms with Gasteiger partial charge in [0.25, 0.3) is 0 Å². The Morgan fingerprint density at radius 3 is 2.75 bits per heavy atom. The van der Waals surface area contributed by atoms with Crippen LogP contribution in [0.2, 0.25) is 5.02 Å². The van der Waals surface area contributed by atoms with E-state index in [0.29, 0.717) is 60.8 Å². The summed E-state index contributed by atoms with van der Waals surface area (Å²) in [6.45, 7) is 5.58. The number of aromatic nitrogens is 1. The van der Waals surface area contributed by atoms with Gasteiger partial charge in [0.05, 0.1) is 19.8 Å². The first-order valence-corrected chi connectivity index (χ1v) is 18.0. The van der Waals surface area contributed by atoms with Crippen LogP contribution in [0.3, 0.4) is 0 Å². The molecule has 3 aromatic rings. The number of carboxylic acid groups (broad SMARTS) is 1. The molecule has 9 heteroatoms. The molecular weight excluding hydrogens is 628 g/mol. The Bertz CT molecular complexity index is 1650. The minimum absolute atomic E-state index is 0.0552. The van der Waals surface area contributed by atoms with Crippen molar-refractivity contribution in [2.75, 3.05) is 25.1 Å². The molecule has 2 unspecified atom stereocenters. The molecule has 8 nitrogen and oxygen atoms in total. The van der Waals surface area contributed by atoms with Gasteiger partial charge in [-0.2, -0.15) is 0 Å². The molecule has 1 aliphatic heterocycles. The van der Waals surface area contributed by atoms with Crippen molar-refractivity contribution in [1.29, 1.82) is 0 Å². The van der Waals surface area contributed by atoms with Gasteiger partial charge in [0.2, 0.25) is 0 Å². The summed E-state index contributed by atoms with van der Waals surface area (Å²) in [7, 11) is 0. The Balaban J connectivity index is 1.16. The molecule has 256 valence electrons. The molecule has 3 N–H and O–H groups in total. The lowest BCUT2D eigenvalue weighted by molar-refractivity contribution is -0.144. The van der Waals surface area contributed by atoms with Crippen LogP contribution in [0.4, 0.5) is 5.69 Å². The zero-order chi connectivity index (χ0) is 33.5. The van der Waals surface area contributed by atoms with Crippen molar-refractivity contribution in [3.63, 3.8) is 0 Å². The number of nitrogens with zero attached hydrogens (tertiary/aromatic N) is 1. The van der Waals surface area contributed by atoms with Crippen LogP contribution in [0.25, 0.3) is 0 Å². The van der Waals surface area contributed by atoms with Gasteiger partial charge < -0.3 is 29.7 Å². The van der Waals surface area contributed by atoms with E-state index in [2.05, 4.69) is 36.3 Å². The van der Waals surface area contributed by atoms with E-state index in [-0.39, 0.29) is 24.0 Å². The molecule has 1 saturated carbocycles. The SMILES string of the molecule is C[C@@H](COc1ccnc2c1[C@H](C)CCC2)CC1Cc2cc3c(cc2C12CCC(Nc1cccc(Cl)c1)(C(=O)O)CC2)OCCC(CO)O3. The molecule has 2 aromatic carbocycles. The van der Waals surface area contributed by atoms with Crippen LogP contribution in [0, 0.1) is 11.8 Å². The molecule has 7 rings (SSSR count). The van der Waals surface area contributed by atoms with Crippen LogP contribution in [0.1, 0.15) is 93.5 Å². The molecule has 1 aromatic heterocycles. The number of pyridine rings is 1. The van der Waals surface area contributed by atoms with Gasteiger partial charge in [-0.25, -0.2) is 4.79 Å². The summed E-state index contributed by atoms with van der Waals surface area (Å²) in [5.41, 5.74) is 4.36. The number of nitrogens with one attached hydrogen (secondary N) is 1. The monoisotopic (exact) mass is 674 g/mol. The molecule has 48 heavy (non-hydrogen) atoms. The fraction of sp³-hybridized carbons (Fsp3) is 0.538. The summed E-state index contributed by atoms with van der Waals surface area (Å²) in [5.74, 6) is 2.56. The Hall–Kier alpha value is -3.49. The Kier molecular flexibility index (Phi) is 9.24. The summed E-state index contributed by atoms with van der Waals surface area (Å²) in [6.07, 6.45) is 9.80. The quantitative estimate of drug-likeness (QED) is 0.212. The van der Waals surface area contributed by atoms with E-state index in [0.717, 1.165) is 50.0 Å². The van der Waals surface area contributed by atoms with E-state index in [9.17, 15) is 15.0 Å². The lowest BCUT2D eigenvalue weighted by Gasteiger charge is -2.47. The van der Waals surface area contributed by atoms with Crippen LogP contribution in [0.5, 0.6) is 17.2 Å². The van der Waals surface area contributed by atoms with Crippen molar-refractivity contribution in [3.8, 4) is 17.2 Å². The fourth-order valence-electron chi connectivity index (χ4n) is 8.99. The van der Waals surface area contributed by atoms with Crippen molar-refractivity contribution in [3.05, 3.63) is 76.1 Å². The van der Waals surface area contributed by atoms with Crippen molar-refractivity contribution >= 4 is 23.3 Å². The number of benzene rings is 2. The molecule has 4 atom stereocenters. The van der Waals surface area contributed by atoms with Gasteiger partial charge in [-0.05, 0) is 128 Å². The van der Waals surface area contributed by atoms with E-state index in [1.54, 1.807) is 12.1 Å². The highest BCUT2D eigenvalue weighted by Crippen LogP contribution is 2.58. The third-order valence-corrected chi connectivity index (χ3v) is 11.8. The Labute approximate surface area is 288 Å². The van der Waals surface area contributed by atoms with Gasteiger partial charge in [0, 0.05) is 34.6 Å². The number of ether oxygens (including phenoxy) is 3. The molecule has 1 fully saturated rings. The lowest BCUT2D eigenvalue weighted by Crippen LogP contribution is -2.53. The third-order valence-electron chi connectivity index (χ3n) is 11.5. The maximum absolute atomic E-state index is 12.9. The zero-order valence-corrected chi connectivity index (χ0v) is 28.7. The van der Waals surface area contributed by atoms with Gasteiger partial charge in [-0.15, -0.1) is 0 Å². The Morgan fingerprint density at radius 1 is 1.15 bits per heavy atom. The number of carbonyl (C=O) groups is 1. The molecular formula is C39H47ClN2O6. The molecule has 2 heterocycles. The number of hydrogen-bond donors (Lipinski definition) is 3. The number of fused-ring (bicyclic) bond motifs is 4. The highest BCUT2D eigenvalue weighted by molar-refractivity contribution is 6.30. The van der Waals surface area contributed by atoms with Crippen LogP contribution < -0.4 is 19.5 Å². The van der Waals surface area contributed by atoms with Crippen LogP contribution in [0.15, 0.2) is 48.7 Å². The first-order chi connectivity index (χ1) is 23.2. The normalized spacial score (nSPS) is 28.2. The summed E-state index contributed by atoms with van der Waals surface area (Å²) in [5, 5.41) is 24.4. The van der Waals surface area contributed by atoms with Gasteiger partial charge in [0.15, 0.2) is 11.5 Å². The van der Waals surface area contributed by atoms with Crippen molar-refractivity contribution in [2.45, 2.75) is 101 Å². The first kappa shape index (κ1) is 33.0. The Morgan fingerprint density at radius 2 is 1.98 bits per heavy atom. The van der Waals surface area contributed by atoms with E-state index in [4.69, 9.17) is 25.8 Å². The summed E-state index contributed by atoms with van der Waals surface area (Å²) in [4.78, 5) is 17.6. The van der Waals surface area contributed by atoms with E-state index in [1.165, 1.54) is 28.8 Å². The summed E-state index contributed by atoms with van der Waals surface area (Å²) < 4.78 is 19.0. The molecule has 4 aliphatic rings. The number of aliphatic hydroxyl groups is 1. The van der Waals surface area contributed by atoms with Crippen molar-refractivity contribution < 1.29 is 29.2 Å².